The van der Waals surface area contributed by atoms with E-state index in [9.17, 15) is 14.7 Å². The van der Waals surface area contributed by atoms with Gasteiger partial charge in [0.2, 0.25) is 11.8 Å². The van der Waals surface area contributed by atoms with Crippen LogP contribution in [0.4, 0.5) is 5.69 Å². The quantitative estimate of drug-likeness (QED) is 0.482. The van der Waals surface area contributed by atoms with Crippen LogP contribution in [0.5, 0.6) is 5.75 Å². The van der Waals surface area contributed by atoms with E-state index >= 15 is 0 Å². The van der Waals surface area contributed by atoms with Crippen molar-refractivity contribution >= 4 is 17.5 Å². The van der Waals surface area contributed by atoms with Crippen LogP contribution in [0.2, 0.25) is 0 Å². The van der Waals surface area contributed by atoms with Crippen molar-refractivity contribution in [2.75, 3.05) is 11.4 Å². The summed E-state index contributed by atoms with van der Waals surface area (Å²) in [5.41, 5.74) is 14.2. The molecule has 0 spiro atoms. The number of carbonyl (C=O) groups is 2. The maximum Gasteiger partial charge on any atom is 0.237 e. The van der Waals surface area contributed by atoms with Gasteiger partial charge in [0.1, 0.15) is 5.75 Å². The van der Waals surface area contributed by atoms with Crippen LogP contribution in [0, 0.1) is 20.8 Å². The van der Waals surface area contributed by atoms with Crippen molar-refractivity contribution in [3.63, 3.8) is 0 Å². The molecule has 6 nitrogen and oxygen atoms in total. The molecule has 1 aliphatic rings. The molecule has 0 saturated carbocycles. The highest BCUT2D eigenvalue weighted by Gasteiger charge is 2.32. The summed E-state index contributed by atoms with van der Waals surface area (Å²) in [6.45, 7) is 8.05. The number of nitrogens with two attached hydrogens (primary N) is 1. The number of nitrogens with one attached hydrogen (secondary N) is 1. The number of aryl methyl sites for hydroxylation is 3. The molecular formula is C30H35N3O3. The molecule has 0 aromatic heterocycles. The van der Waals surface area contributed by atoms with Gasteiger partial charge in [-0.3, -0.25) is 9.59 Å². The van der Waals surface area contributed by atoms with Gasteiger partial charge in [0.05, 0.1) is 17.8 Å². The maximum atomic E-state index is 13.2. The molecule has 0 bridgehead atoms. The van der Waals surface area contributed by atoms with Crippen LogP contribution in [0.15, 0.2) is 54.6 Å². The van der Waals surface area contributed by atoms with Gasteiger partial charge >= 0.3 is 0 Å². The van der Waals surface area contributed by atoms with Crippen molar-refractivity contribution in [1.82, 2.24) is 5.32 Å². The highest BCUT2D eigenvalue weighted by molar-refractivity contribution is 5.95. The molecule has 2 unspecified atom stereocenters. The molecule has 0 radical (unpaired) electrons. The number of aromatic hydroxyl groups is 1. The van der Waals surface area contributed by atoms with Crippen LogP contribution in [0.1, 0.15) is 58.3 Å². The summed E-state index contributed by atoms with van der Waals surface area (Å²) < 4.78 is 0. The molecule has 0 fully saturated rings. The zero-order valence-corrected chi connectivity index (χ0v) is 21.5. The van der Waals surface area contributed by atoms with Gasteiger partial charge in [-0.15, -0.1) is 0 Å². The van der Waals surface area contributed by atoms with Crippen LogP contribution >= 0.6 is 0 Å². The van der Waals surface area contributed by atoms with Crippen LogP contribution < -0.4 is 16.0 Å². The lowest BCUT2D eigenvalue weighted by molar-refractivity contribution is -0.123. The molecule has 188 valence electrons. The number of hydrogen-bond donors (Lipinski definition) is 3. The van der Waals surface area contributed by atoms with Gasteiger partial charge < -0.3 is 21.1 Å². The zero-order valence-electron chi connectivity index (χ0n) is 21.5. The van der Waals surface area contributed by atoms with Gasteiger partial charge in [-0.05, 0) is 73.9 Å². The van der Waals surface area contributed by atoms with Crippen LogP contribution in [-0.2, 0) is 22.4 Å². The van der Waals surface area contributed by atoms with Gasteiger partial charge in [-0.25, -0.2) is 0 Å². The summed E-state index contributed by atoms with van der Waals surface area (Å²) in [5, 5.41) is 14.1. The Hall–Kier alpha value is -3.64. The molecule has 3 aromatic carbocycles. The lowest BCUT2D eigenvalue weighted by Gasteiger charge is -2.35. The highest BCUT2D eigenvalue weighted by Crippen LogP contribution is 2.41. The lowest BCUT2D eigenvalue weighted by atomic mass is 9.91. The number of benzene rings is 3. The van der Waals surface area contributed by atoms with Crippen LogP contribution in [0.25, 0.3) is 0 Å². The largest absolute Gasteiger partial charge is 0.506 e. The Morgan fingerprint density at radius 3 is 2.36 bits per heavy atom. The fourth-order valence-electron chi connectivity index (χ4n) is 5.31. The third-order valence-electron chi connectivity index (χ3n) is 7.01. The van der Waals surface area contributed by atoms with E-state index in [0.717, 1.165) is 33.4 Å². The molecule has 0 saturated heterocycles. The Labute approximate surface area is 213 Å². The predicted molar refractivity (Wildman–Crippen MR) is 143 cm³/mol. The molecule has 0 aliphatic carbocycles. The molecule has 6 heteroatoms. The smallest absolute Gasteiger partial charge is 0.237 e. The second-order valence-corrected chi connectivity index (χ2v) is 9.92. The van der Waals surface area contributed by atoms with Crippen molar-refractivity contribution in [3.8, 4) is 5.75 Å². The van der Waals surface area contributed by atoms with Crippen molar-refractivity contribution in [2.24, 2.45) is 5.73 Å². The fraction of sp³-hybridized carbons (Fsp3) is 0.333. The number of nitrogens with zero attached hydrogens (tertiary/aromatic N) is 1. The summed E-state index contributed by atoms with van der Waals surface area (Å²) in [5.74, 6) is -0.341. The van der Waals surface area contributed by atoms with E-state index in [1.807, 2.05) is 50.2 Å². The van der Waals surface area contributed by atoms with E-state index in [2.05, 4.69) is 24.4 Å². The average molecular weight is 486 g/mol. The number of rotatable bonds is 6. The molecule has 1 heterocycles. The molecule has 3 aromatic rings. The highest BCUT2D eigenvalue weighted by atomic mass is 16.3. The van der Waals surface area contributed by atoms with Crippen molar-refractivity contribution < 1.29 is 14.7 Å². The first-order chi connectivity index (χ1) is 17.1. The molecule has 36 heavy (non-hydrogen) atoms. The van der Waals surface area contributed by atoms with E-state index in [-0.39, 0.29) is 23.6 Å². The number of amides is 2. The number of fused-ring (bicyclic) bond motifs is 1. The van der Waals surface area contributed by atoms with E-state index in [1.165, 1.54) is 12.5 Å². The summed E-state index contributed by atoms with van der Waals surface area (Å²) >= 11 is 0. The van der Waals surface area contributed by atoms with Crippen molar-refractivity contribution in [3.05, 3.63) is 93.5 Å². The van der Waals surface area contributed by atoms with E-state index < -0.39 is 6.04 Å². The van der Waals surface area contributed by atoms with Gasteiger partial charge in [-0.1, -0.05) is 54.1 Å². The number of carbonyl (C=O) groups excluding carboxylic acids is 2. The Bertz CT molecular complexity index is 1260. The summed E-state index contributed by atoms with van der Waals surface area (Å²) in [4.78, 5) is 27.1. The monoisotopic (exact) mass is 485 g/mol. The number of phenolic OH excluding ortho intramolecular Hbond substituents is 1. The first kappa shape index (κ1) is 25.5. The normalized spacial score (nSPS) is 15.8. The lowest BCUT2D eigenvalue weighted by Crippen LogP contribution is -2.46. The minimum Gasteiger partial charge on any atom is -0.506 e. The molecule has 4 N–H and O–H groups in total. The van der Waals surface area contributed by atoms with E-state index in [0.29, 0.717) is 31.5 Å². The van der Waals surface area contributed by atoms with Crippen LogP contribution in [0.3, 0.4) is 0 Å². The SMILES string of the molecule is CC(=O)N1CCC(NC(=O)C(N)Cc2c(C)cc(C)cc2C)c2cc(Cc3ccccc3)cc(O)c21. The van der Waals surface area contributed by atoms with Crippen LogP contribution in [-0.4, -0.2) is 29.5 Å². The Balaban J connectivity index is 1.60. The minimum atomic E-state index is -0.708. The number of phenols is 1. The van der Waals surface area contributed by atoms with Gasteiger partial charge in [0.25, 0.3) is 0 Å². The van der Waals surface area contributed by atoms with E-state index in [4.69, 9.17) is 5.73 Å². The second kappa shape index (κ2) is 10.5. The molecule has 1 aliphatic heterocycles. The standard InChI is InChI=1S/C30H35N3O3/c1-18-12-19(2)24(20(3)13-18)17-26(31)30(36)32-27-10-11-33(21(4)34)29-25(27)15-23(16-28(29)35)14-22-8-6-5-7-9-22/h5-9,12-13,15-16,26-27,35H,10-11,14,17,31H2,1-4H3,(H,32,36). The van der Waals surface area contributed by atoms with Gasteiger partial charge in [-0.2, -0.15) is 0 Å². The molecule has 4 rings (SSSR count). The molecule has 2 amide bonds. The summed E-state index contributed by atoms with van der Waals surface area (Å²) in [6.07, 6.45) is 1.62. The molecule has 2 atom stereocenters. The van der Waals surface area contributed by atoms with Crippen molar-refractivity contribution in [2.45, 2.75) is 59.0 Å². The van der Waals surface area contributed by atoms with Gasteiger partial charge in [0, 0.05) is 19.0 Å². The summed E-state index contributed by atoms with van der Waals surface area (Å²) in [6, 6.07) is 16.8. The second-order valence-electron chi connectivity index (χ2n) is 9.92. The van der Waals surface area contributed by atoms with E-state index in [1.54, 1.807) is 11.0 Å². The first-order valence-corrected chi connectivity index (χ1v) is 12.4. The Morgan fingerprint density at radius 1 is 1.06 bits per heavy atom. The number of hydrogen-bond acceptors (Lipinski definition) is 4. The Kier molecular flexibility index (Phi) is 7.45. The zero-order chi connectivity index (χ0) is 26.0. The Morgan fingerprint density at radius 2 is 1.72 bits per heavy atom. The third-order valence-corrected chi connectivity index (χ3v) is 7.01. The minimum absolute atomic E-state index is 0.0442. The molecular weight excluding hydrogens is 450 g/mol. The maximum absolute atomic E-state index is 13.2. The topological polar surface area (TPSA) is 95.7 Å². The predicted octanol–water partition coefficient (Wildman–Crippen LogP) is 4.39. The average Bonchev–Trinajstić information content (AvgIpc) is 2.82. The van der Waals surface area contributed by atoms with Crippen molar-refractivity contribution in [1.29, 1.82) is 0 Å². The fourth-order valence-corrected chi connectivity index (χ4v) is 5.31. The number of anilines is 1. The third kappa shape index (κ3) is 5.44. The van der Waals surface area contributed by atoms with Gasteiger partial charge in [0.15, 0.2) is 0 Å². The summed E-state index contributed by atoms with van der Waals surface area (Å²) in [7, 11) is 0. The first-order valence-electron chi connectivity index (χ1n) is 12.4.